The zero-order valence-electron chi connectivity index (χ0n) is 22.6. The molecule has 1 fully saturated rings. The fourth-order valence-corrected chi connectivity index (χ4v) is 6.38. The van der Waals surface area contributed by atoms with Gasteiger partial charge in [0.15, 0.2) is 0 Å². The number of piperazine rings is 1. The SMILES string of the molecule is CC1=c2[nH]cc(C3=CCC4NC=CC4=C3)c2=CC(C2=CC=C(CN3CCN(CC(F)(F)F)CC3)CC2)=CCC1. The fourth-order valence-electron chi connectivity index (χ4n) is 6.38. The van der Waals surface area contributed by atoms with Gasteiger partial charge in [0.05, 0.1) is 12.6 Å². The summed E-state index contributed by atoms with van der Waals surface area (Å²) in [6.45, 7) is 4.62. The van der Waals surface area contributed by atoms with Gasteiger partial charge >= 0.3 is 6.18 Å². The third-order valence-electron chi connectivity index (χ3n) is 8.61. The first-order valence-electron chi connectivity index (χ1n) is 14.2. The topological polar surface area (TPSA) is 34.3 Å². The highest BCUT2D eigenvalue weighted by Crippen LogP contribution is 2.29. The van der Waals surface area contributed by atoms with Gasteiger partial charge < -0.3 is 10.3 Å². The second kappa shape index (κ2) is 10.9. The maximum absolute atomic E-state index is 12.7. The monoisotopic (exact) mass is 534 g/mol. The fraction of sp³-hybridized carbons (Fsp3) is 0.438. The van der Waals surface area contributed by atoms with Crippen molar-refractivity contribution in [2.24, 2.45) is 0 Å². The Morgan fingerprint density at radius 3 is 2.54 bits per heavy atom. The van der Waals surface area contributed by atoms with Gasteiger partial charge in [-0.2, -0.15) is 13.2 Å². The Morgan fingerprint density at radius 1 is 0.949 bits per heavy atom. The van der Waals surface area contributed by atoms with E-state index >= 15 is 0 Å². The van der Waals surface area contributed by atoms with Gasteiger partial charge in [0.25, 0.3) is 0 Å². The van der Waals surface area contributed by atoms with Crippen LogP contribution in [0.25, 0.3) is 17.2 Å². The minimum atomic E-state index is -4.12. The normalized spacial score (nSPS) is 24.3. The van der Waals surface area contributed by atoms with Gasteiger partial charge in [-0.3, -0.25) is 9.80 Å². The van der Waals surface area contributed by atoms with Crippen molar-refractivity contribution in [3.63, 3.8) is 0 Å². The van der Waals surface area contributed by atoms with E-state index in [0.717, 1.165) is 38.6 Å². The number of aromatic nitrogens is 1. The van der Waals surface area contributed by atoms with E-state index in [1.54, 1.807) is 0 Å². The molecule has 1 unspecified atom stereocenters. The Kier molecular flexibility index (Phi) is 7.29. The Balaban J connectivity index is 1.20. The number of hydrogen-bond acceptors (Lipinski definition) is 3. The van der Waals surface area contributed by atoms with Crippen LogP contribution >= 0.6 is 0 Å². The summed E-state index contributed by atoms with van der Waals surface area (Å²) in [5.74, 6) is 0. The number of H-pyrrole nitrogens is 1. The summed E-state index contributed by atoms with van der Waals surface area (Å²) in [4.78, 5) is 7.40. The minimum Gasteiger partial charge on any atom is -0.384 e. The Hall–Kier alpha value is -3.03. The lowest BCUT2D eigenvalue weighted by Crippen LogP contribution is -2.49. The molecule has 206 valence electrons. The number of allylic oxidation sites excluding steroid dienone is 7. The molecule has 0 bridgehead atoms. The van der Waals surface area contributed by atoms with Crippen molar-refractivity contribution in [2.75, 3.05) is 39.3 Å². The third kappa shape index (κ3) is 5.94. The van der Waals surface area contributed by atoms with Crippen molar-refractivity contribution in [3.05, 3.63) is 87.3 Å². The average molecular weight is 535 g/mol. The molecule has 2 aliphatic heterocycles. The molecule has 3 heterocycles. The van der Waals surface area contributed by atoms with Gasteiger partial charge in [0.1, 0.15) is 0 Å². The molecule has 0 radical (unpaired) electrons. The number of alkyl halides is 3. The molecule has 1 aromatic heterocycles. The van der Waals surface area contributed by atoms with Crippen LogP contribution in [0.3, 0.4) is 0 Å². The van der Waals surface area contributed by atoms with Crippen LogP contribution in [0.4, 0.5) is 13.2 Å². The number of hydrogen-bond donors (Lipinski definition) is 2. The van der Waals surface area contributed by atoms with Crippen LogP contribution in [0.15, 0.2) is 71.1 Å². The Morgan fingerprint density at radius 2 is 1.77 bits per heavy atom. The van der Waals surface area contributed by atoms with Gasteiger partial charge in [-0.25, -0.2) is 0 Å². The van der Waals surface area contributed by atoms with Gasteiger partial charge in [-0.15, -0.1) is 0 Å². The molecule has 0 spiro atoms. The van der Waals surface area contributed by atoms with Crippen LogP contribution in [0.5, 0.6) is 0 Å². The number of rotatable bonds is 5. The van der Waals surface area contributed by atoms with Crippen molar-refractivity contribution in [3.8, 4) is 0 Å². The maximum Gasteiger partial charge on any atom is 0.401 e. The highest BCUT2D eigenvalue weighted by molar-refractivity contribution is 5.79. The molecular formula is C32H37F3N4. The summed E-state index contributed by atoms with van der Waals surface area (Å²) in [5, 5.41) is 5.94. The van der Waals surface area contributed by atoms with E-state index < -0.39 is 12.7 Å². The first-order valence-corrected chi connectivity index (χ1v) is 14.2. The first-order chi connectivity index (χ1) is 18.8. The summed E-state index contributed by atoms with van der Waals surface area (Å²) in [5.41, 5.74) is 9.33. The van der Waals surface area contributed by atoms with E-state index in [4.69, 9.17) is 0 Å². The first kappa shape index (κ1) is 26.2. The standard InChI is InChI=1S/C32H37F3N4/c1-22-3-2-4-25(18-28-29(19-37-31(22)28)26-9-10-30-27(17-26)11-12-36-30)24-7-5-23(6-8-24)20-38-13-15-39(16-14-38)21-32(33,34)35/h4-5,7,9,11-12,17-19,30,36-37H,2-3,6,8,10,13-16,20-21H2,1H3. The van der Waals surface area contributed by atoms with Crippen molar-refractivity contribution < 1.29 is 13.2 Å². The summed E-state index contributed by atoms with van der Waals surface area (Å²) in [6, 6.07) is 0.402. The van der Waals surface area contributed by atoms with Gasteiger partial charge in [-0.05, 0) is 91.3 Å². The van der Waals surface area contributed by atoms with Crippen LogP contribution in [0.2, 0.25) is 0 Å². The number of nitrogens with one attached hydrogen (secondary N) is 2. The quantitative estimate of drug-likeness (QED) is 0.574. The van der Waals surface area contributed by atoms with Gasteiger partial charge in [-0.1, -0.05) is 29.9 Å². The van der Waals surface area contributed by atoms with Crippen molar-refractivity contribution in [1.29, 1.82) is 0 Å². The molecule has 0 saturated carbocycles. The van der Waals surface area contributed by atoms with E-state index in [1.165, 1.54) is 54.5 Å². The van der Waals surface area contributed by atoms with Gasteiger partial charge in [0.2, 0.25) is 0 Å². The highest BCUT2D eigenvalue weighted by Gasteiger charge is 2.32. The highest BCUT2D eigenvalue weighted by atomic mass is 19.4. The predicted octanol–water partition coefficient (Wildman–Crippen LogP) is 4.71. The van der Waals surface area contributed by atoms with E-state index in [9.17, 15) is 13.2 Å². The van der Waals surface area contributed by atoms with Crippen LogP contribution < -0.4 is 15.9 Å². The summed E-state index contributed by atoms with van der Waals surface area (Å²) < 4.78 is 38.1. The number of halogens is 3. The second-order valence-corrected chi connectivity index (χ2v) is 11.4. The molecule has 1 aromatic rings. The van der Waals surface area contributed by atoms with Crippen LogP contribution in [-0.4, -0.2) is 66.3 Å². The number of fused-ring (bicyclic) bond motifs is 2. The number of aromatic amines is 1. The minimum absolute atomic E-state index is 0.402. The Bertz CT molecular complexity index is 1420. The van der Waals surface area contributed by atoms with Crippen molar-refractivity contribution in [2.45, 2.75) is 51.2 Å². The van der Waals surface area contributed by atoms with Crippen LogP contribution in [0, 0.1) is 0 Å². The largest absolute Gasteiger partial charge is 0.401 e. The lowest BCUT2D eigenvalue weighted by atomic mass is 9.89. The lowest BCUT2D eigenvalue weighted by molar-refractivity contribution is -0.149. The molecule has 39 heavy (non-hydrogen) atoms. The van der Waals surface area contributed by atoms with Gasteiger partial charge in [0, 0.05) is 55.1 Å². The van der Waals surface area contributed by atoms with Crippen molar-refractivity contribution in [1.82, 2.24) is 20.1 Å². The van der Waals surface area contributed by atoms with E-state index in [2.05, 4.69) is 70.9 Å². The van der Waals surface area contributed by atoms with E-state index in [1.807, 2.05) is 6.20 Å². The zero-order valence-corrected chi connectivity index (χ0v) is 22.6. The summed E-state index contributed by atoms with van der Waals surface area (Å²) in [7, 11) is 0. The average Bonchev–Trinajstić information content (AvgIpc) is 3.54. The molecule has 5 aliphatic rings. The molecule has 2 N–H and O–H groups in total. The molecule has 7 heteroatoms. The molecule has 1 atom stereocenters. The number of nitrogens with zero attached hydrogens (tertiary/aromatic N) is 2. The predicted molar refractivity (Wildman–Crippen MR) is 152 cm³/mol. The van der Waals surface area contributed by atoms with Crippen molar-refractivity contribution >= 4 is 17.2 Å². The molecule has 0 amide bonds. The zero-order chi connectivity index (χ0) is 27.0. The smallest absolute Gasteiger partial charge is 0.384 e. The van der Waals surface area contributed by atoms with Crippen LogP contribution in [-0.2, 0) is 0 Å². The van der Waals surface area contributed by atoms with Crippen LogP contribution in [0.1, 0.15) is 44.6 Å². The molecular weight excluding hydrogens is 497 g/mol. The second-order valence-electron chi connectivity index (χ2n) is 11.4. The molecule has 6 rings (SSSR count). The third-order valence-corrected chi connectivity index (χ3v) is 8.61. The molecule has 1 saturated heterocycles. The lowest BCUT2D eigenvalue weighted by Gasteiger charge is -2.35. The van der Waals surface area contributed by atoms with E-state index in [-0.39, 0.29) is 0 Å². The molecule has 0 aromatic carbocycles. The maximum atomic E-state index is 12.7. The molecule has 4 nitrogen and oxygen atoms in total. The summed E-state index contributed by atoms with van der Waals surface area (Å²) in [6.07, 6.45) is 21.3. The molecule has 3 aliphatic carbocycles. The summed E-state index contributed by atoms with van der Waals surface area (Å²) >= 11 is 0. The van der Waals surface area contributed by atoms with E-state index in [0.29, 0.717) is 32.2 Å². The Labute approximate surface area is 228 Å².